The Bertz CT molecular complexity index is 495. The molecule has 0 atom stereocenters. The fraction of sp³-hybridized carbons (Fsp3) is 0.538. The molecular formula is C13H16F6O3Si. The third-order valence-corrected chi connectivity index (χ3v) is 3.85. The number of halogens is 6. The van der Waals surface area contributed by atoms with Gasteiger partial charge in [0.2, 0.25) is 0 Å². The first-order chi connectivity index (χ1) is 10.3. The van der Waals surface area contributed by atoms with Crippen molar-refractivity contribution in [3.8, 4) is 0 Å². The van der Waals surface area contributed by atoms with Gasteiger partial charge in [-0.15, -0.1) is 0 Å². The van der Waals surface area contributed by atoms with E-state index in [1.807, 2.05) is 0 Å². The summed E-state index contributed by atoms with van der Waals surface area (Å²) in [6, 6.07) is 1.42. The maximum absolute atomic E-state index is 12.7. The molecule has 0 saturated carbocycles. The van der Waals surface area contributed by atoms with Crippen LogP contribution in [0.2, 0.25) is 0 Å². The third-order valence-electron chi connectivity index (χ3n) is 3.19. The van der Waals surface area contributed by atoms with Crippen LogP contribution in [0.3, 0.4) is 0 Å². The van der Waals surface area contributed by atoms with E-state index in [0.29, 0.717) is 12.1 Å². The molecule has 0 bridgehead atoms. The highest BCUT2D eigenvalue weighted by atomic mass is 28.2. The van der Waals surface area contributed by atoms with Crippen molar-refractivity contribution in [1.29, 1.82) is 0 Å². The Morgan fingerprint density at radius 2 is 1.35 bits per heavy atom. The molecule has 1 rings (SSSR count). The van der Waals surface area contributed by atoms with Crippen LogP contribution in [0, 0.1) is 0 Å². The largest absolute Gasteiger partial charge is 0.416 e. The topological polar surface area (TPSA) is 49.7 Å². The molecule has 0 fully saturated rings. The van der Waals surface area contributed by atoms with E-state index in [-0.39, 0.29) is 47.8 Å². The second-order valence-electron chi connectivity index (χ2n) is 5.07. The molecule has 0 heterocycles. The van der Waals surface area contributed by atoms with E-state index in [9.17, 15) is 36.6 Å². The van der Waals surface area contributed by atoms with Crippen molar-refractivity contribution in [2.24, 2.45) is 0 Å². The van der Waals surface area contributed by atoms with Crippen molar-refractivity contribution in [1.82, 2.24) is 0 Å². The Balaban J connectivity index is 2.86. The summed E-state index contributed by atoms with van der Waals surface area (Å²) in [5.74, 6) is -2.29. The van der Waals surface area contributed by atoms with Crippen LogP contribution in [0.1, 0.15) is 36.0 Å². The van der Waals surface area contributed by atoms with E-state index in [4.69, 9.17) is 0 Å². The molecule has 1 aromatic rings. The molecule has 1 aromatic carbocycles. The van der Waals surface area contributed by atoms with E-state index in [1.165, 1.54) is 0 Å². The van der Waals surface area contributed by atoms with E-state index in [0.717, 1.165) is 0 Å². The second-order valence-corrected chi connectivity index (χ2v) is 5.48. The van der Waals surface area contributed by atoms with Gasteiger partial charge in [-0.25, -0.2) is 0 Å². The van der Waals surface area contributed by atoms with Crippen LogP contribution in [-0.4, -0.2) is 26.7 Å². The average Bonchev–Trinajstić information content (AvgIpc) is 2.41. The molecule has 3 nitrogen and oxygen atoms in total. The summed E-state index contributed by atoms with van der Waals surface area (Å²) in [6.45, 7) is 0. The highest BCUT2D eigenvalue weighted by Gasteiger charge is 2.36. The highest BCUT2D eigenvalue weighted by Crippen LogP contribution is 2.36. The lowest BCUT2D eigenvalue weighted by Crippen LogP contribution is -2.30. The first-order valence-electron chi connectivity index (χ1n) is 6.63. The Morgan fingerprint density at radius 3 is 1.74 bits per heavy atom. The summed E-state index contributed by atoms with van der Waals surface area (Å²) in [5, 5.41) is 18.4. The number of aliphatic hydroxyl groups is 2. The molecule has 10 heteroatoms. The average molecular weight is 362 g/mol. The predicted octanol–water partition coefficient (Wildman–Crippen LogP) is 2.37. The highest BCUT2D eigenvalue weighted by molar-refractivity contribution is 5.98. The third kappa shape index (κ3) is 6.49. The number of benzene rings is 1. The van der Waals surface area contributed by atoms with Crippen molar-refractivity contribution in [2.75, 3.05) is 0 Å². The summed E-state index contributed by atoms with van der Waals surface area (Å²) in [7, 11) is 0.0782. The van der Waals surface area contributed by atoms with E-state index < -0.39 is 29.5 Å². The molecule has 0 aliphatic rings. The van der Waals surface area contributed by atoms with Crippen LogP contribution in [-0.2, 0) is 23.2 Å². The van der Waals surface area contributed by atoms with Crippen LogP contribution in [0.15, 0.2) is 18.2 Å². The number of alkyl halides is 6. The zero-order chi connectivity index (χ0) is 17.9. The van der Waals surface area contributed by atoms with Gasteiger partial charge in [0.25, 0.3) is 5.97 Å². The van der Waals surface area contributed by atoms with Crippen molar-refractivity contribution in [3.63, 3.8) is 0 Å². The first kappa shape index (κ1) is 19.9. The number of hydrogen-bond donors (Lipinski definition) is 2. The van der Waals surface area contributed by atoms with Gasteiger partial charge in [-0.05, 0) is 43.0 Å². The molecule has 132 valence electrons. The van der Waals surface area contributed by atoms with Crippen LogP contribution >= 0.6 is 0 Å². The van der Waals surface area contributed by atoms with Gasteiger partial charge in [0.15, 0.2) is 10.5 Å². The van der Waals surface area contributed by atoms with Crippen molar-refractivity contribution < 1.29 is 41.0 Å². The van der Waals surface area contributed by atoms with Gasteiger partial charge in [0.05, 0.1) is 11.1 Å². The number of unbranched alkanes of at least 4 members (excludes halogenated alkanes) is 1. The van der Waals surface area contributed by atoms with Crippen molar-refractivity contribution in [3.05, 3.63) is 34.9 Å². The number of rotatable bonds is 6. The zero-order valence-corrected chi connectivity index (χ0v) is 14.1. The maximum Gasteiger partial charge on any atom is 0.416 e. The van der Waals surface area contributed by atoms with Gasteiger partial charge in [-0.1, -0.05) is 0 Å². The minimum atomic E-state index is -4.87. The van der Waals surface area contributed by atoms with Crippen LogP contribution < -0.4 is 0 Å². The maximum atomic E-state index is 12.7. The summed E-state index contributed by atoms with van der Waals surface area (Å²) in [6.07, 6.45) is -9.62. The molecule has 0 unspecified atom stereocenters. The molecule has 23 heavy (non-hydrogen) atoms. The summed E-state index contributed by atoms with van der Waals surface area (Å²) < 4.78 is 80.6. The monoisotopic (exact) mass is 362 g/mol. The molecule has 0 spiro atoms. The van der Waals surface area contributed by atoms with E-state index in [1.54, 1.807) is 0 Å². The zero-order valence-electron chi connectivity index (χ0n) is 12.1. The van der Waals surface area contributed by atoms with Gasteiger partial charge in [0, 0.05) is 6.42 Å². The van der Waals surface area contributed by atoms with Gasteiger partial charge in [-0.2, -0.15) is 26.3 Å². The van der Waals surface area contributed by atoms with Gasteiger partial charge in [-0.3, -0.25) is 0 Å². The van der Waals surface area contributed by atoms with Crippen LogP contribution in [0.25, 0.3) is 0 Å². The fourth-order valence-corrected chi connectivity index (χ4v) is 2.15. The van der Waals surface area contributed by atoms with Crippen LogP contribution in [0.5, 0.6) is 0 Å². The minimum absolute atomic E-state index is 0.0514. The Hall–Kier alpha value is -1.10. The van der Waals surface area contributed by atoms with Gasteiger partial charge < -0.3 is 14.6 Å². The van der Waals surface area contributed by atoms with Crippen molar-refractivity contribution >= 4 is 10.5 Å². The number of aryl methyl sites for hydroxylation is 1. The van der Waals surface area contributed by atoms with Crippen LogP contribution in [0.4, 0.5) is 26.3 Å². The fourth-order valence-electron chi connectivity index (χ4n) is 1.95. The molecule has 2 N–H and O–H groups in total. The predicted molar refractivity (Wildman–Crippen MR) is 72.2 cm³/mol. The van der Waals surface area contributed by atoms with E-state index >= 15 is 0 Å². The summed E-state index contributed by atoms with van der Waals surface area (Å²) in [5.41, 5.74) is -2.83. The molecular weight excluding hydrogens is 346 g/mol. The SMILES string of the molecule is OC(O)(CCCCc1cc(C(F)(F)F)cc(C(F)(F)F)c1)O[SiH3]. The number of hydrogen-bond acceptors (Lipinski definition) is 3. The molecule has 0 saturated heterocycles. The Kier molecular flexibility index (Phi) is 6.24. The van der Waals surface area contributed by atoms with E-state index in [2.05, 4.69) is 4.43 Å². The molecule has 0 aromatic heterocycles. The lowest BCUT2D eigenvalue weighted by molar-refractivity contribution is -0.295. The molecule has 0 amide bonds. The lowest BCUT2D eigenvalue weighted by atomic mass is 10.00. The van der Waals surface area contributed by atoms with Gasteiger partial charge >= 0.3 is 12.4 Å². The second kappa shape index (κ2) is 7.20. The normalized spacial score (nSPS) is 13.6. The first-order valence-corrected chi connectivity index (χ1v) is 7.45. The van der Waals surface area contributed by atoms with Crippen molar-refractivity contribution in [2.45, 2.75) is 44.0 Å². The smallest absolute Gasteiger partial charge is 0.381 e. The Morgan fingerprint density at radius 1 is 0.870 bits per heavy atom. The summed E-state index contributed by atoms with van der Waals surface area (Å²) in [4.78, 5) is 0. The summed E-state index contributed by atoms with van der Waals surface area (Å²) >= 11 is 0. The molecule has 0 aliphatic carbocycles. The minimum Gasteiger partial charge on any atom is -0.381 e. The molecule has 0 radical (unpaired) electrons. The standard InChI is InChI=1S/C13H16F6O3Si/c14-12(15,16)9-5-8(6-10(7-9)13(17,18)19)3-1-2-4-11(20,21)22-23/h5-7,20-21H,1-4H2,23H3. The van der Waals surface area contributed by atoms with Gasteiger partial charge in [0.1, 0.15) is 0 Å². The lowest BCUT2D eigenvalue weighted by Gasteiger charge is -2.19. The molecule has 0 aliphatic heterocycles. The quantitative estimate of drug-likeness (QED) is 0.354. The Labute approximate surface area is 131 Å².